The van der Waals surface area contributed by atoms with E-state index in [0.717, 1.165) is 12.8 Å². The molecule has 0 saturated carbocycles. The first-order chi connectivity index (χ1) is 11.1. The van der Waals surface area contributed by atoms with Gasteiger partial charge in [0.05, 0.1) is 6.10 Å². The van der Waals surface area contributed by atoms with Crippen molar-refractivity contribution in [3.8, 4) is 0 Å². The first-order valence-corrected chi connectivity index (χ1v) is 7.78. The van der Waals surface area contributed by atoms with E-state index in [1.54, 1.807) is 24.8 Å². The van der Waals surface area contributed by atoms with Gasteiger partial charge < -0.3 is 18.7 Å². The van der Waals surface area contributed by atoms with Crippen molar-refractivity contribution in [1.29, 1.82) is 0 Å². The number of ether oxygens (including phenoxy) is 1. The Labute approximate surface area is 132 Å². The van der Waals surface area contributed by atoms with E-state index in [0.29, 0.717) is 42.2 Å². The molecule has 2 aromatic heterocycles. The van der Waals surface area contributed by atoms with Crippen LogP contribution in [-0.4, -0.2) is 45.3 Å². The van der Waals surface area contributed by atoms with Crippen molar-refractivity contribution in [2.45, 2.75) is 38.9 Å². The molecule has 2 aromatic rings. The van der Waals surface area contributed by atoms with Gasteiger partial charge in [0, 0.05) is 26.1 Å². The van der Waals surface area contributed by atoms with Gasteiger partial charge in [0.15, 0.2) is 5.69 Å². The molecule has 4 heterocycles. The number of rotatable bonds is 2. The van der Waals surface area contributed by atoms with Crippen LogP contribution in [0.1, 0.15) is 46.9 Å². The summed E-state index contributed by atoms with van der Waals surface area (Å²) in [4.78, 5) is 18.5. The first-order valence-electron chi connectivity index (χ1n) is 7.78. The van der Waals surface area contributed by atoms with Crippen LogP contribution in [0.2, 0.25) is 0 Å². The van der Waals surface area contributed by atoms with Gasteiger partial charge in [0.2, 0.25) is 11.7 Å². The fourth-order valence-electron chi connectivity index (χ4n) is 3.36. The minimum atomic E-state index is -0.146. The number of hydrogen-bond acceptors (Lipinski definition) is 7. The van der Waals surface area contributed by atoms with Crippen LogP contribution in [0.4, 0.5) is 0 Å². The van der Waals surface area contributed by atoms with Gasteiger partial charge in [0.1, 0.15) is 11.9 Å². The maximum atomic E-state index is 12.5. The van der Waals surface area contributed by atoms with Gasteiger partial charge in [-0.25, -0.2) is 0 Å². The number of fused-ring (bicyclic) bond motifs is 1. The number of nitrogens with zero attached hydrogens (tertiary/aromatic N) is 4. The molecule has 0 bridgehead atoms. The highest BCUT2D eigenvalue weighted by molar-refractivity contribution is 5.92. The largest absolute Gasteiger partial charge is 0.365 e. The Morgan fingerprint density at radius 3 is 2.87 bits per heavy atom. The van der Waals surface area contributed by atoms with Crippen LogP contribution in [0.5, 0.6) is 0 Å². The van der Waals surface area contributed by atoms with Crippen molar-refractivity contribution in [1.82, 2.24) is 20.2 Å². The highest BCUT2D eigenvalue weighted by Gasteiger charge is 2.42. The Morgan fingerprint density at radius 2 is 2.17 bits per heavy atom. The summed E-state index contributed by atoms with van der Waals surface area (Å²) in [6.07, 6.45) is 1.63. The van der Waals surface area contributed by atoms with Gasteiger partial charge in [0.25, 0.3) is 5.91 Å². The summed E-state index contributed by atoms with van der Waals surface area (Å²) in [6.45, 7) is 4.79. The van der Waals surface area contributed by atoms with Gasteiger partial charge >= 0.3 is 0 Å². The van der Waals surface area contributed by atoms with Crippen LogP contribution in [0.15, 0.2) is 15.1 Å². The Hall–Kier alpha value is -2.22. The van der Waals surface area contributed by atoms with Crippen LogP contribution >= 0.6 is 0 Å². The third kappa shape index (κ3) is 2.63. The monoisotopic (exact) mass is 318 g/mol. The zero-order chi connectivity index (χ0) is 16.0. The van der Waals surface area contributed by atoms with E-state index in [9.17, 15) is 4.79 Å². The lowest BCUT2D eigenvalue weighted by Crippen LogP contribution is -2.45. The summed E-state index contributed by atoms with van der Waals surface area (Å²) in [5, 5.41) is 7.75. The Kier molecular flexibility index (Phi) is 3.41. The molecule has 0 aromatic carbocycles. The molecule has 2 aliphatic rings. The van der Waals surface area contributed by atoms with Crippen LogP contribution in [0.3, 0.4) is 0 Å². The number of aromatic nitrogens is 3. The van der Waals surface area contributed by atoms with Crippen LogP contribution < -0.4 is 0 Å². The zero-order valence-corrected chi connectivity index (χ0v) is 13.1. The minimum absolute atomic E-state index is 0.00417. The van der Waals surface area contributed by atoms with Crippen LogP contribution in [-0.2, 0) is 4.74 Å². The summed E-state index contributed by atoms with van der Waals surface area (Å²) in [7, 11) is 0. The van der Waals surface area contributed by atoms with Crippen molar-refractivity contribution < 1.29 is 18.6 Å². The van der Waals surface area contributed by atoms with Crippen molar-refractivity contribution in [2.75, 3.05) is 13.1 Å². The maximum absolute atomic E-state index is 12.5. The second-order valence-corrected chi connectivity index (χ2v) is 6.19. The average Bonchev–Trinajstić information content (AvgIpc) is 3.24. The van der Waals surface area contributed by atoms with Gasteiger partial charge in [-0.3, -0.25) is 4.79 Å². The number of aryl methyl sites for hydroxylation is 2. The summed E-state index contributed by atoms with van der Waals surface area (Å²) in [5.74, 6) is 2.08. The lowest BCUT2D eigenvalue weighted by molar-refractivity contribution is -0.00772. The zero-order valence-electron chi connectivity index (χ0n) is 13.1. The third-order valence-corrected chi connectivity index (χ3v) is 4.52. The number of carbonyl (C=O) groups is 1. The van der Waals surface area contributed by atoms with Crippen molar-refractivity contribution in [3.63, 3.8) is 0 Å². The standard InChI is InChI=1S/C15H18N4O4/c1-8-5-11(17-22-8)15(20)19-4-3-10-6-12(21-13(10)7-19)14-16-9(2)23-18-14/h5,10,12-13H,3-4,6-7H2,1-2H3/t10-,12+,13+/m1/s1. The summed E-state index contributed by atoms with van der Waals surface area (Å²) in [5.41, 5.74) is 0.351. The van der Waals surface area contributed by atoms with Crippen LogP contribution in [0.25, 0.3) is 0 Å². The molecule has 0 unspecified atom stereocenters. The molecular formula is C15H18N4O4. The molecule has 2 saturated heterocycles. The van der Waals surface area contributed by atoms with Crippen LogP contribution in [0, 0.1) is 19.8 Å². The summed E-state index contributed by atoms with van der Waals surface area (Å²) >= 11 is 0. The van der Waals surface area contributed by atoms with E-state index in [4.69, 9.17) is 13.8 Å². The number of hydrogen-bond donors (Lipinski definition) is 0. The van der Waals surface area contributed by atoms with E-state index in [-0.39, 0.29) is 18.1 Å². The molecular weight excluding hydrogens is 300 g/mol. The Morgan fingerprint density at radius 1 is 1.30 bits per heavy atom. The molecule has 3 atom stereocenters. The fourth-order valence-corrected chi connectivity index (χ4v) is 3.36. The van der Waals surface area contributed by atoms with E-state index >= 15 is 0 Å². The number of amides is 1. The second-order valence-electron chi connectivity index (χ2n) is 6.19. The van der Waals surface area contributed by atoms with Crippen molar-refractivity contribution in [3.05, 3.63) is 29.2 Å². The molecule has 8 heteroatoms. The molecule has 0 radical (unpaired) electrons. The Balaban J connectivity index is 1.44. The average molecular weight is 318 g/mol. The van der Waals surface area contributed by atoms with Gasteiger partial charge in [-0.05, 0) is 25.7 Å². The summed E-state index contributed by atoms with van der Waals surface area (Å²) < 4.78 is 16.1. The molecule has 1 amide bonds. The second kappa shape index (κ2) is 5.45. The third-order valence-electron chi connectivity index (χ3n) is 4.52. The Bertz CT molecular complexity index is 725. The summed E-state index contributed by atoms with van der Waals surface area (Å²) in [6, 6.07) is 1.66. The number of likely N-dealkylation sites (tertiary alicyclic amines) is 1. The number of piperidine rings is 1. The molecule has 0 spiro atoms. The highest BCUT2D eigenvalue weighted by atomic mass is 16.5. The predicted octanol–water partition coefficient (Wildman–Crippen LogP) is 1.67. The van der Waals surface area contributed by atoms with Gasteiger partial charge in [-0.1, -0.05) is 10.3 Å². The quantitative estimate of drug-likeness (QED) is 0.831. The molecule has 122 valence electrons. The highest BCUT2D eigenvalue weighted by Crippen LogP contribution is 2.40. The molecule has 23 heavy (non-hydrogen) atoms. The topological polar surface area (TPSA) is 94.5 Å². The normalized spacial score (nSPS) is 27.2. The van der Waals surface area contributed by atoms with Gasteiger partial charge in [-0.2, -0.15) is 4.98 Å². The molecule has 2 fully saturated rings. The van der Waals surface area contributed by atoms with Crippen molar-refractivity contribution >= 4 is 5.91 Å². The minimum Gasteiger partial charge on any atom is -0.365 e. The molecule has 0 aliphatic carbocycles. The van der Waals surface area contributed by atoms with Gasteiger partial charge in [-0.15, -0.1) is 0 Å². The molecule has 8 nitrogen and oxygen atoms in total. The lowest BCUT2D eigenvalue weighted by Gasteiger charge is -2.33. The molecule has 2 aliphatic heterocycles. The lowest BCUT2D eigenvalue weighted by atomic mass is 9.91. The maximum Gasteiger partial charge on any atom is 0.276 e. The van der Waals surface area contributed by atoms with Crippen molar-refractivity contribution in [2.24, 2.45) is 5.92 Å². The predicted molar refractivity (Wildman–Crippen MR) is 76.5 cm³/mol. The van der Waals surface area contributed by atoms with E-state index in [2.05, 4.69) is 15.3 Å². The molecule has 0 N–H and O–H groups in total. The SMILES string of the molecule is Cc1cc(C(=O)N2CC[C@@H]3C[C@@H](c4noc(C)n4)O[C@H]3C2)no1. The fraction of sp³-hybridized carbons (Fsp3) is 0.600. The van der Waals surface area contributed by atoms with E-state index in [1.165, 1.54) is 0 Å². The first kappa shape index (κ1) is 14.4. The van der Waals surface area contributed by atoms with E-state index < -0.39 is 0 Å². The number of carbonyl (C=O) groups excluding carboxylic acids is 1. The van der Waals surface area contributed by atoms with E-state index in [1.807, 2.05) is 0 Å². The molecule has 4 rings (SSSR count). The smallest absolute Gasteiger partial charge is 0.276 e.